The molecule has 1 aliphatic carbocycles. The topological polar surface area (TPSA) is 72.2 Å². The lowest BCUT2D eigenvalue weighted by atomic mass is 9.71. The Bertz CT molecular complexity index is 328. The van der Waals surface area contributed by atoms with E-state index in [9.17, 15) is 8.42 Å². The summed E-state index contributed by atoms with van der Waals surface area (Å²) < 4.78 is 22.3. The van der Waals surface area contributed by atoms with Gasteiger partial charge >= 0.3 is 0 Å². The van der Waals surface area contributed by atoms with Gasteiger partial charge in [0.15, 0.2) is 0 Å². The van der Waals surface area contributed by atoms with Crippen LogP contribution < -0.4 is 11.3 Å². The molecule has 0 aromatic carbocycles. The molecule has 0 amide bonds. The molecule has 0 radical (unpaired) electrons. The fourth-order valence-corrected chi connectivity index (χ4v) is 3.30. The van der Waals surface area contributed by atoms with Crippen molar-refractivity contribution < 1.29 is 8.42 Å². The summed E-state index contributed by atoms with van der Waals surface area (Å²) in [5, 5.41) is 0. The van der Waals surface area contributed by atoms with Crippen LogP contribution in [0.4, 0.5) is 0 Å². The molecule has 1 aliphatic rings. The maximum absolute atomic E-state index is 11.2. The highest BCUT2D eigenvalue weighted by Gasteiger charge is 2.31. The van der Waals surface area contributed by atoms with Crippen molar-refractivity contribution in [3.8, 4) is 0 Å². The Kier molecular flexibility index (Phi) is 4.98. The summed E-state index contributed by atoms with van der Waals surface area (Å²) >= 11 is 0. The molecule has 1 saturated carbocycles. The normalized spacial score (nSPS) is 23.5. The summed E-state index contributed by atoms with van der Waals surface area (Å²) in [6, 6.07) is 0.140. The standard InChI is InChI=1S/C12H26N2O2S/c1-12(2)7-4-10(5-8-12)11(14-13)6-9-17(3,15)16/h10-11,14H,4-9,13H2,1-3H3. The number of hydrazine groups is 1. The van der Waals surface area contributed by atoms with E-state index in [0.717, 1.165) is 12.8 Å². The Morgan fingerprint density at radius 2 is 1.88 bits per heavy atom. The third kappa shape index (κ3) is 5.36. The van der Waals surface area contributed by atoms with E-state index in [1.165, 1.54) is 19.1 Å². The highest BCUT2D eigenvalue weighted by atomic mass is 32.2. The molecular weight excluding hydrogens is 236 g/mol. The average Bonchev–Trinajstić information content (AvgIpc) is 2.19. The number of nitrogens with two attached hydrogens (primary N) is 1. The van der Waals surface area contributed by atoms with E-state index in [-0.39, 0.29) is 11.8 Å². The van der Waals surface area contributed by atoms with Crippen LogP contribution in [-0.4, -0.2) is 26.5 Å². The van der Waals surface area contributed by atoms with E-state index in [0.29, 0.717) is 17.8 Å². The van der Waals surface area contributed by atoms with Crippen LogP contribution in [0, 0.1) is 11.3 Å². The van der Waals surface area contributed by atoms with Crippen molar-refractivity contribution >= 4 is 9.84 Å². The summed E-state index contributed by atoms with van der Waals surface area (Å²) in [5.41, 5.74) is 3.24. The first kappa shape index (κ1) is 14.9. The van der Waals surface area contributed by atoms with Crippen LogP contribution in [0.1, 0.15) is 46.0 Å². The molecule has 0 aliphatic heterocycles. The van der Waals surface area contributed by atoms with Gasteiger partial charge in [-0.15, -0.1) is 0 Å². The van der Waals surface area contributed by atoms with Gasteiger partial charge in [-0.2, -0.15) is 0 Å². The summed E-state index contributed by atoms with van der Waals surface area (Å²) in [6.45, 7) is 4.59. The average molecular weight is 262 g/mol. The predicted octanol–water partition coefficient (Wildman–Crippen LogP) is 1.47. The number of hydrogen-bond donors (Lipinski definition) is 2. The third-order valence-electron chi connectivity index (χ3n) is 3.97. The molecule has 4 nitrogen and oxygen atoms in total. The van der Waals surface area contributed by atoms with Crippen molar-refractivity contribution in [2.45, 2.75) is 52.0 Å². The Labute approximate surface area is 105 Å². The monoisotopic (exact) mass is 262 g/mol. The smallest absolute Gasteiger partial charge is 0.147 e. The minimum Gasteiger partial charge on any atom is -0.271 e. The molecule has 1 unspecified atom stereocenters. The summed E-state index contributed by atoms with van der Waals surface area (Å²) in [4.78, 5) is 0. The number of sulfone groups is 1. The van der Waals surface area contributed by atoms with Crippen LogP contribution in [0.3, 0.4) is 0 Å². The summed E-state index contributed by atoms with van der Waals surface area (Å²) in [7, 11) is -2.89. The number of hydrogen-bond acceptors (Lipinski definition) is 4. The van der Waals surface area contributed by atoms with E-state index in [2.05, 4.69) is 19.3 Å². The van der Waals surface area contributed by atoms with Gasteiger partial charge in [-0.05, 0) is 43.4 Å². The zero-order valence-corrected chi connectivity index (χ0v) is 12.0. The minimum absolute atomic E-state index is 0.140. The zero-order chi connectivity index (χ0) is 13.1. The van der Waals surface area contributed by atoms with Crippen LogP contribution in [0.15, 0.2) is 0 Å². The lowest BCUT2D eigenvalue weighted by Crippen LogP contribution is -2.43. The van der Waals surface area contributed by atoms with Gasteiger partial charge in [-0.25, -0.2) is 8.42 Å². The van der Waals surface area contributed by atoms with Gasteiger partial charge in [0, 0.05) is 12.3 Å². The second kappa shape index (κ2) is 5.67. The van der Waals surface area contributed by atoms with Crippen LogP contribution in [0.5, 0.6) is 0 Å². The molecule has 1 fully saturated rings. The number of rotatable bonds is 5. The first-order valence-electron chi connectivity index (χ1n) is 6.37. The van der Waals surface area contributed by atoms with Crippen LogP contribution in [-0.2, 0) is 9.84 Å². The molecular formula is C12H26N2O2S. The largest absolute Gasteiger partial charge is 0.271 e. The second-order valence-electron chi connectivity index (χ2n) is 6.19. The molecule has 1 rings (SSSR count). The van der Waals surface area contributed by atoms with E-state index >= 15 is 0 Å². The molecule has 0 spiro atoms. The maximum Gasteiger partial charge on any atom is 0.147 e. The SMILES string of the molecule is CC1(C)CCC(C(CCS(C)(=O)=O)NN)CC1. The third-order valence-corrected chi connectivity index (χ3v) is 4.94. The quantitative estimate of drug-likeness (QED) is 0.581. The van der Waals surface area contributed by atoms with Crippen molar-refractivity contribution in [2.24, 2.45) is 17.2 Å². The van der Waals surface area contributed by atoms with E-state index in [4.69, 9.17) is 5.84 Å². The number of nitrogens with one attached hydrogen (secondary N) is 1. The van der Waals surface area contributed by atoms with Crippen LogP contribution in [0.25, 0.3) is 0 Å². The van der Waals surface area contributed by atoms with Crippen molar-refractivity contribution in [1.82, 2.24) is 5.43 Å². The summed E-state index contributed by atoms with van der Waals surface area (Å²) in [6.07, 6.45) is 6.60. The van der Waals surface area contributed by atoms with Gasteiger partial charge in [0.05, 0.1) is 5.75 Å². The first-order chi connectivity index (χ1) is 7.73. The van der Waals surface area contributed by atoms with Crippen molar-refractivity contribution in [3.63, 3.8) is 0 Å². The lowest BCUT2D eigenvalue weighted by molar-refractivity contribution is 0.159. The maximum atomic E-state index is 11.2. The van der Waals surface area contributed by atoms with Crippen LogP contribution in [0.2, 0.25) is 0 Å². The molecule has 5 heteroatoms. The Balaban J connectivity index is 2.46. The fraction of sp³-hybridized carbons (Fsp3) is 1.00. The molecule has 0 heterocycles. The van der Waals surface area contributed by atoms with Gasteiger partial charge < -0.3 is 0 Å². The zero-order valence-electron chi connectivity index (χ0n) is 11.2. The lowest BCUT2D eigenvalue weighted by Gasteiger charge is -2.37. The van der Waals surface area contributed by atoms with Crippen molar-refractivity contribution in [3.05, 3.63) is 0 Å². The van der Waals surface area contributed by atoms with Crippen molar-refractivity contribution in [1.29, 1.82) is 0 Å². The van der Waals surface area contributed by atoms with Crippen LogP contribution >= 0.6 is 0 Å². The fourth-order valence-electron chi connectivity index (χ4n) is 2.62. The summed E-state index contributed by atoms with van der Waals surface area (Å²) in [5.74, 6) is 6.30. The predicted molar refractivity (Wildman–Crippen MR) is 71.2 cm³/mol. The van der Waals surface area contributed by atoms with Gasteiger partial charge in [0.2, 0.25) is 0 Å². The Morgan fingerprint density at radius 1 is 1.35 bits per heavy atom. The minimum atomic E-state index is -2.89. The molecule has 0 aromatic rings. The van der Waals surface area contributed by atoms with Gasteiger partial charge in [0.25, 0.3) is 0 Å². The highest BCUT2D eigenvalue weighted by molar-refractivity contribution is 7.90. The Hall–Kier alpha value is -0.130. The first-order valence-corrected chi connectivity index (χ1v) is 8.43. The molecule has 0 aromatic heterocycles. The molecule has 0 bridgehead atoms. The highest BCUT2D eigenvalue weighted by Crippen LogP contribution is 2.39. The van der Waals surface area contributed by atoms with Gasteiger partial charge in [-0.3, -0.25) is 11.3 Å². The molecule has 1 atom stereocenters. The second-order valence-corrected chi connectivity index (χ2v) is 8.45. The molecule has 17 heavy (non-hydrogen) atoms. The Morgan fingerprint density at radius 3 is 2.29 bits per heavy atom. The molecule has 3 N–H and O–H groups in total. The van der Waals surface area contributed by atoms with Gasteiger partial charge in [-0.1, -0.05) is 13.8 Å². The molecule has 0 saturated heterocycles. The van der Waals surface area contributed by atoms with Crippen molar-refractivity contribution in [2.75, 3.05) is 12.0 Å². The molecule has 102 valence electrons. The van der Waals surface area contributed by atoms with E-state index < -0.39 is 9.84 Å². The van der Waals surface area contributed by atoms with E-state index in [1.54, 1.807) is 0 Å². The van der Waals surface area contributed by atoms with Gasteiger partial charge in [0.1, 0.15) is 9.84 Å². The van der Waals surface area contributed by atoms with E-state index in [1.807, 2.05) is 0 Å².